The van der Waals surface area contributed by atoms with E-state index in [9.17, 15) is 4.79 Å². The third kappa shape index (κ3) is 3.18. The molecule has 5 nitrogen and oxygen atoms in total. The molecule has 2 N–H and O–H groups in total. The van der Waals surface area contributed by atoms with Crippen LogP contribution in [0, 0.1) is 6.92 Å². The minimum atomic E-state index is -0.363. The van der Waals surface area contributed by atoms with Crippen LogP contribution in [0.15, 0.2) is 35.4 Å². The van der Waals surface area contributed by atoms with Gasteiger partial charge in [0, 0.05) is 10.7 Å². The number of amides is 1. The van der Waals surface area contributed by atoms with E-state index >= 15 is 0 Å². The number of nitrogens with zero attached hydrogens (tertiary/aromatic N) is 2. The number of hydrazone groups is 1. The molecule has 6 heteroatoms. The second-order valence-electron chi connectivity index (χ2n) is 3.69. The summed E-state index contributed by atoms with van der Waals surface area (Å²) in [4.78, 5) is 11.6. The van der Waals surface area contributed by atoms with Gasteiger partial charge in [-0.3, -0.25) is 9.89 Å². The first-order valence-electron chi connectivity index (χ1n) is 5.26. The van der Waals surface area contributed by atoms with Crippen LogP contribution in [-0.4, -0.2) is 22.3 Å². The van der Waals surface area contributed by atoms with Gasteiger partial charge >= 0.3 is 0 Å². The lowest BCUT2D eigenvalue weighted by Crippen LogP contribution is -2.17. The molecule has 0 atom stereocenters. The van der Waals surface area contributed by atoms with Crippen molar-refractivity contribution in [2.45, 2.75) is 6.92 Å². The van der Waals surface area contributed by atoms with Gasteiger partial charge in [0.15, 0.2) is 5.69 Å². The maximum absolute atomic E-state index is 11.6. The van der Waals surface area contributed by atoms with Crippen molar-refractivity contribution in [1.82, 2.24) is 15.6 Å². The summed E-state index contributed by atoms with van der Waals surface area (Å²) in [5.41, 5.74) is 4.31. The van der Waals surface area contributed by atoms with Gasteiger partial charge in [-0.25, -0.2) is 5.43 Å². The molecule has 1 amide bonds. The summed E-state index contributed by atoms with van der Waals surface area (Å²) in [7, 11) is 0. The number of halogens is 1. The summed E-state index contributed by atoms with van der Waals surface area (Å²) in [5.74, 6) is -0.363. The molecule has 2 aromatic rings. The van der Waals surface area contributed by atoms with Crippen molar-refractivity contribution in [3.63, 3.8) is 0 Å². The molecule has 1 aromatic carbocycles. The summed E-state index contributed by atoms with van der Waals surface area (Å²) in [5, 5.41) is 11.0. The topological polar surface area (TPSA) is 70.1 Å². The Labute approximate surface area is 109 Å². The molecule has 1 aromatic heterocycles. The van der Waals surface area contributed by atoms with Crippen LogP contribution in [0.2, 0.25) is 5.02 Å². The summed E-state index contributed by atoms with van der Waals surface area (Å²) >= 11 is 5.82. The van der Waals surface area contributed by atoms with Crippen LogP contribution in [0.1, 0.15) is 21.7 Å². The zero-order valence-electron chi connectivity index (χ0n) is 9.64. The van der Waals surface area contributed by atoms with Crippen LogP contribution < -0.4 is 5.43 Å². The Bertz CT molecular complexity index is 591. The number of benzene rings is 1. The average molecular weight is 263 g/mol. The zero-order valence-corrected chi connectivity index (χ0v) is 10.4. The van der Waals surface area contributed by atoms with Crippen molar-refractivity contribution in [3.05, 3.63) is 52.3 Å². The van der Waals surface area contributed by atoms with E-state index in [1.165, 1.54) is 6.21 Å². The normalized spacial score (nSPS) is 10.8. The summed E-state index contributed by atoms with van der Waals surface area (Å²) in [6, 6.07) is 8.80. The molecule has 0 unspecified atom stereocenters. The fourth-order valence-electron chi connectivity index (χ4n) is 1.34. The molecule has 0 bridgehead atoms. The van der Waals surface area contributed by atoms with E-state index in [4.69, 9.17) is 11.6 Å². The fourth-order valence-corrected chi connectivity index (χ4v) is 1.54. The Morgan fingerprint density at radius 2 is 2.33 bits per heavy atom. The largest absolute Gasteiger partial charge is 0.291 e. The van der Waals surface area contributed by atoms with Crippen LogP contribution in [-0.2, 0) is 0 Å². The lowest BCUT2D eigenvalue weighted by atomic mass is 10.2. The second-order valence-corrected chi connectivity index (χ2v) is 4.13. The molecule has 18 heavy (non-hydrogen) atoms. The maximum atomic E-state index is 11.6. The SMILES string of the molecule is Cc1cc(C(=O)NN=Cc2cccc(Cl)c2)n[nH]1. The van der Waals surface area contributed by atoms with E-state index < -0.39 is 0 Å². The van der Waals surface area contributed by atoms with Gasteiger partial charge in [-0.1, -0.05) is 23.7 Å². The molecule has 2 rings (SSSR count). The number of carbonyl (C=O) groups excluding carboxylic acids is 1. The van der Waals surface area contributed by atoms with Crippen molar-refractivity contribution in [1.29, 1.82) is 0 Å². The van der Waals surface area contributed by atoms with E-state index in [1.54, 1.807) is 18.2 Å². The Kier molecular flexibility index (Phi) is 3.74. The molecule has 0 saturated carbocycles. The van der Waals surface area contributed by atoms with Crippen LogP contribution in [0.4, 0.5) is 0 Å². The standard InChI is InChI=1S/C12H11ClN4O/c1-8-5-11(16-15-8)12(18)17-14-7-9-3-2-4-10(13)6-9/h2-7H,1H3,(H,15,16)(H,17,18). The quantitative estimate of drug-likeness (QED) is 0.657. The van der Waals surface area contributed by atoms with Gasteiger partial charge in [0.2, 0.25) is 0 Å². The molecule has 92 valence electrons. The fraction of sp³-hybridized carbons (Fsp3) is 0.0833. The molecule has 0 aliphatic carbocycles. The molecular formula is C12H11ClN4O. The van der Waals surface area contributed by atoms with Gasteiger partial charge < -0.3 is 0 Å². The van der Waals surface area contributed by atoms with Crippen molar-refractivity contribution < 1.29 is 4.79 Å². The third-order valence-corrected chi connectivity index (χ3v) is 2.40. The first-order chi connectivity index (χ1) is 8.65. The van der Waals surface area contributed by atoms with Crippen molar-refractivity contribution in [2.24, 2.45) is 5.10 Å². The average Bonchev–Trinajstić information content (AvgIpc) is 2.76. The summed E-state index contributed by atoms with van der Waals surface area (Å²) in [6.45, 7) is 1.82. The predicted molar refractivity (Wildman–Crippen MR) is 69.8 cm³/mol. The number of aryl methyl sites for hydroxylation is 1. The minimum absolute atomic E-state index is 0.302. The van der Waals surface area contributed by atoms with Gasteiger partial charge in [0.05, 0.1) is 6.21 Å². The van der Waals surface area contributed by atoms with Gasteiger partial charge in [0.25, 0.3) is 5.91 Å². The Hall–Kier alpha value is -2.14. The molecule has 1 heterocycles. The maximum Gasteiger partial charge on any atom is 0.291 e. The minimum Gasteiger partial charge on any atom is -0.282 e. The Morgan fingerprint density at radius 1 is 1.50 bits per heavy atom. The van der Waals surface area contributed by atoms with Crippen LogP contribution in [0.25, 0.3) is 0 Å². The van der Waals surface area contributed by atoms with Gasteiger partial charge in [-0.2, -0.15) is 10.2 Å². The number of hydrogen-bond acceptors (Lipinski definition) is 3. The molecular weight excluding hydrogens is 252 g/mol. The van der Waals surface area contributed by atoms with Crippen molar-refractivity contribution >= 4 is 23.7 Å². The van der Waals surface area contributed by atoms with Crippen molar-refractivity contribution in [3.8, 4) is 0 Å². The van der Waals surface area contributed by atoms with Crippen LogP contribution in [0.3, 0.4) is 0 Å². The molecule has 0 spiro atoms. The molecule has 0 aliphatic rings. The number of aromatic amines is 1. The number of carbonyl (C=O) groups is 1. The number of hydrogen-bond donors (Lipinski definition) is 2. The number of H-pyrrole nitrogens is 1. The number of rotatable bonds is 3. The van der Waals surface area contributed by atoms with Gasteiger partial charge in [-0.15, -0.1) is 0 Å². The van der Waals surface area contributed by atoms with Gasteiger partial charge in [0.1, 0.15) is 0 Å². The van der Waals surface area contributed by atoms with E-state index in [2.05, 4.69) is 20.7 Å². The smallest absolute Gasteiger partial charge is 0.282 e. The van der Waals surface area contributed by atoms with E-state index in [0.717, 1.165) is 11.3 Å². The second kappa shape index (κ2) is 5.46. The number of nitrogens with one attached hydrogen (secondary N) is 2. The zero-order chi connectivity index (χ0) is 13.0. The van der Waals surface area contributed by atoms with E-state index in [-0.39, 0.29) is 5.91 Å². The van der Waals surface area contributed by atoms with Crippen molar-refractivity contribution in [2.75, 3.05) is 0 Å². The number of aromatic nitrogens is 2. The molecule has 0 radical (unpaired) electrons. The Balaban J connectivity index is 1.97. The molecule has 0 fully saturated rings. The highest BCUT2D eigenvalue weighted by Gasteiger charge is 2.07. The third-order valence-electron chi connectivity index (χ3n) is 2.17. The monoisotopic (exact) mass is 262 g/mol. The van der Waals surface area contributed by atoms with E-state index in [0.29, 0.717) is 10.7 Å². The lowest BCUT2D eigenvalue weighted by Gasteiger charge is -1.95. The Morgan fingerprint density at radius 3 is 3.00 bits per heavy atom. The highest BCUT2D eigenvalue weighted by Crippen LogP contribution is 2.08. The summed E-state index contributed by atoms with van der Waals surface area (Å²) in [6.07, 6.45) is 1.52. The highest BCUT2D eigenvalue weighted by molar-refractivity contribution is 6.30. The van der Waals surface area contributed by atoms with E-state index in [1.807, 2.05) is 19.1 Å². The van der Waals surface area contributed by atoms with Gasteiger partial charge in [-0.05, 0) is 30.7 Å². The first-order valence-corrected chi connectivity index (χ1v) is 5.64. The molecule has 0 saturated heterocycles. The molecule has 0 aliphatic heterocycles. The predicted octanol–water partition coefficient (Wildman–Crippen LogP) is 2.14. The first kappa shape index (κ1) is 12.3. The van der Waals surface area contributed by atoms with Crippen LogP contribution in [0.5, 0.6) is 0 Å². The van der Waals surface area contributed by atoms with Crippen LogP contribution >= 0.6 is 11.6 Å². The summed E-state index contributed by atoms with van der Waals surface area (Å²) < 4.78 is 0. The lowest BCUT2D eigenvalue weighted by molar-refractivity contribution is 0.0950. The highest BCUT2D eigenvalue weighted by atomic mass is 35.5.